The van der Waals surface area contributed by atoms with Crippen molar-refractivity contribution in [3.8, 4) is 5.88 Å². The van der Waals surface area contributed by atoms with Gasteiger partial charge in [0, 0.05) is 6.54 Å². The van der Waals surface area contributed by atoms with Gasteiger partial charge in [-0.25, -0.2) is 4.98 Å². The summed E-state index contributed by atoms with van der Waals surface area (Å²) >= 11 is 0. The Morgan fingerprint density at radius 1 is 1.53 bits per heavy atom. The molecule has 0 aliphatic carbocycles. The molecule has 6 heteroatoms. The smallest absolute Gasteiger partial charge is 0.277 e. The minimum atomic E-state index is -0.194. The lowest BCUT2D eigenvalue weighted by Crippen LogP contribution is -2.11. The van der Waals surface area contributed by atoms with Crippen molar-refractivity contribution in [2.75, 3.05) is 6.61 Å². The van der Waals surface area contributed by atoms with Gasteiger partial charge in [0.15, 0.2) is 11.0 Å². The number of nitrogens with zero attached hydrogens (tertiary/aromatic N) is 3. The number of nitrogens with one attached hydrogen (secondary N) is 1. The van der Waals surface area contributed by atoms with Crippen molar-refractivity contribution in [3.05, 3.63) is 16.7 Å². The van der Waals surface area contributed by atoms with Crippen LogP contribution in [0, 0.1) is 0 Å². The van der Waals surface area contributed by atoms with Crippen LogP contribution in [0.1, 0.15) is 13.8 Å². The molecule has 0 aromatic carbocycles. The molecule has 15 heavy (non-hydrogen) atoms. The second-order valence-corrected chi connectivity index (χ2v) is 2.98. The Morgan fingerprint density at radius 3 is 3.00 bits per heavy atom. The van der Waals surface area contributed by atoms with E-state index in [2.05, 4.69) is 15.1 Å². The number of H-pyrrole nitrogens is 1. The molecule has 6 nitrogen and oxygen atoms in total. The van der Waals surface area contributed by atoms with Crippen LogP contribution in [0.5, 0.6) is 5.88 Å². The third-order valence-electron chi connectivity index (χ3n) is 2.08. The van der Waals surface area contributed by atoms with E-state index >= 15 is 0 Å². The largest absolute Gasteiger partial charge is 0.475 e. The topological polar surface area (TPSA) is 72.8 Å². The summed E-state index contributed by atoms with van der Waals surface area (Å²) in [6.07, 6.45) is 1.36. The van der Waals surface area contributed by atoms with E-state index in [1.807, 2.05) is 13.8 Å². The number of aryl methyl sites for hydroxylation is 1. The highest BCUT2D eigenvalue weighted by molar-refractivity contribution is 5.78. The Morgan fingerprint density at radius 2 is 2.33 bits per heavy atom. The minimum Gasteiger partial charge on any atom is -0.475 e. The summed E-state index contributed by atoms with van der Waals surface area (Å²) in [5.41, 5.74) is 0.784. The average Bonchev–Trinajstić information content (AvgIpc) is 2.59. The highest BCUT2D eigenvalue weighted by Crippen LogP contribution is 2.19. The van der Waals surface area contributed by atoms with Crippen LogP contribution in [0.3, 0.4) is 0 Å². The van der Waals surface area contributed by atoms with E-state index < -0.39 is 0 Å². The van der Waals surface area contributed by atoms with E-state index in [0.717, 1.165) is 0 Å². The molecule has 2 rings (SSSR count). The van der Waals surface area contributed by atoms with Crippen molar-refractivity contribution >= 4 is 11.0 Å². The molecule has 0 atom stereocenters. The molecular weight excluding hydrogens is 196 g/mol. The zero-order valence-corrected chi connectivity index (χ0v) is 8.65. The van der Waals surface area contributed by atoms with Gasteiger partial charge in [-0.15, -0.1) is 5.10 Å². The summed E-state index contributed by atoms with van der Waals surface area (Å²) in [6.45, 7) is 4.89. The summed E-state index contributed by atoms with van der Waals surface area (Å²) in [4.78, 5) is 18.2. The third kappa shape index (κ3) is 1.47. The maximum Gasteiger partial charge on any atom is 0.277 e. The van der Waals surface area contributed by atoms with Gasteiger partial charge in [0.1, 0.15) is 0 Å². The maximum atomic E-state index is 11.6. The summed E-state index contributed by atoms with van der Waals surface area (Å²) in [5, 5.41) is 4.17. The molecule has 2 heterocycles. The molecule has 0 aliphatic heterocycles. The van der Waals surface area contributed by atoms with Crippen LogP contribution >= 0.6 is 0 Å². The van der Waals surface area contributed by atoms with E-state index in [1.54, 1.807) is 4.68 Å². The van der Waals surface area contributed by atoms with Gasteiger partial charge in [0.05, 0.1) is 12.9 Å². The Bertz CT molecular complexity index is 528. The lowest BCUT2D eigenvalue weighted by molar-refractivity contribution is 0.324. The first kappa shape index (κ1) is 9.70. The molecule has 0 fully saturated rings. The van der Waals surface area contributed by atoms with Crippen molar-refractivity contribution < 1.29 is 4.74 Å². The van der Waals surface area contributed by atoms with E-state index in [1.165, 1.54) is 6.33 Å². The molecule has 0 radical (unpaired) electrons. The van der Waals surface area contributed by atoms with Gasteiger partial charge in [-0.2, -0.15) is 0 Å². The lowest BCUT2D eigenvalue weighted by Gasteiger charge is -1.95. The van der Waals surface area contributed by atoms with Gasteiger partial charge in [0.2, 0.25) is 0 Å². The molecule has 0 saturated heterocycles. The van der Waals surface area contributed by atoms with Crippen molar-refractivity contribution in [1.82, 2.24) is 19.7 Å². The van der Waals surface area contributed by atoms with Crippen LogP contribution in [0.15, 0.2) is 11.1 Å². The highest BCUT2D eigenvalue weighted by atomic mass is 16.5. The van der Waals surface area contributed by atoms with Gasteiger partial charge >= 0.3 is 0 Å². The van der Waals surface area contributed by atoms with Crippen LogP contribution < -0.4 is 10.3 Å². The van der Waals surface area contributed by atoms with E-state index in [4.69, 9.17) is 4.74 Å². The van der Waals surface area contributed by atoms with Crippen LogP contribution in [-0.4, -0.2) is 26.4 Å². The molecular formula is C9H12N4O2. The first-order chi connectivity index (χ1) is 7.27. The third-order valence-corrected chi connectivity index (χ3v) is 2.08. The number of aromatic nitrogens is 4. The summed E-state index contributed by atoms with van der Waals surface area (Å²) in [7, 11) is 0. The van der Waals surface area contributed by atoms with Gasteiger partial charge < -0.3 is 9.72 Å². The summed E-state index contributed by atoms with van der Waals surface area (Å²) in [6, 6.07) is 0. The van der Waals surface area contributed by atoms with Crippen molar-refractivity contribution in [2.45, 2.75) is 20.4 Å². The van der Waals surface area contributed by atoms with E-state index in [0.29, 0.717) is 30.1 Å². The standard InChI is InChI=1S/C9H12N4O2/c1-3-13-7-6(9(12-13)15-4-2)10-5-11-8(7)14/h5H,3-4H2,1-2H3,(H,10,11,14). The maximum absolute atomic E-state index is 11.6. The predicted molar refractivity (Wildman–Crippen MR) is 55.0 cm³/mol. The Labute approximate surface area is 85.9 Å². The second-order valence-electron chi connectivity index (χ2n) is 2.98. The monoisotopic (exact) mass is 208 g/mol. The average molecular weight is 208 g/mol. The Balaban J connectivity index is 2.75. The van der Waals surface area contributed by atoms with E-state index in [9.17, 15) is 4.79 Å². The van der Waals surface area contributed by atoms with Crippen molar-refractivity contribution in [3.63, 3.8) is 0 Å². The van der Waals surface area contributed by atoms with Crippen LogP contribution in [0.2, 0.25) is 0 Å². The van der Waals surface area contributed by atoms with Crippen molar-refractivity contribution in [1.29, 1.82) is 0 Å². The van der Waals surface area contributed by atoms with Crippen LogP contribution in [0.4, 0.5) is 0 Å². The zero-order valence-electron chi connectivity index (χ0n) is 8.65. The molecule has 0 unspecified atom stereocenters. The fourth-order valence-corrected chi connectivity index (χ4v) is 1.46. The molecule has 0 spiro atoms. The first-order valence-corrected chi connectivity index (χ1v) is 4.85. The van der Waals surface area contributed by atoms with Gasteiger partial charge in [-0.1, -0.05) is 0 Å². The van der Waals surface area contributed by atoms with Gasteiger partial charge in [0.25, 0.3) is 11.4 Å². The quantitative estimate of drug-likeness (QED) is 0.798. The lowest BCUT2D eigenvalue weighted by atomic mass is 10.4. The molecule has 2 aromatic rings. The molecule has 0 aliphatic rings. The van der Waals surface area contributed by atoms with Gasteiger partial charge in [-0.05, 0) is 13.8 Å². The molecule has 80 valence electrons. The normalized spacial score (nSPS) is 10.8. The summed E-state index contributed by atoms with van der Waals surface area (Å²) in [5.74, 6) is 0.417. The van der Waals surface area contributed by atoms with Crippen LogP contribution in [-0.2, 0) is 6.54 Å². The van der Waals surface area contributed by atoms with Crippen molar-refractivity contribution in [2.24, 2.45) is 0 Å². The number of ether oxygens (including phenoxy) is 1. The zero-order chi connectivity index (χ0) is 10.8. The number of fused-ring (bicyclic) bond motifs is 1. The molecule has 2 aromatic heterocycles. The second kappa shape index (κ2) is 3.72. The fraction of sp³-hybridized carbons (Fsp3) is 0.444. The summed E-state index contributed by atoms with van der Waals surface area (Å²) < 4.78 is 6.90. The number of aromatic amines is 1. The first-order valence-electron chi connectivity index (χ1n) is 4.85. The number of hydrogen-bond donors (Lipinski definition) is 1. The Hall–Kier alpha value is -1.85. The molecule has 0 bridgehead atoms. The molecule has 0 saturated carbocycles. The fourth-order valence-electron chi connectivity index (χ4n) is 1.46. The number of hydrogen-bond acceptors (Lipinski definition) is 4. The SMILES string of the molecule is CCOc1nn(CC)c2c(=O)[nH]cnc12. The Kier molecular flexibility index (Phi) is 2.40. The molecule has 1 N–H and O–H groups in total. The van der Waals surface area contributed by atoms with Crippen LogP contribution in [0.25, 0.3) is 11.0 Å². The van der Waals surface area contributed by atoms with Gasteiger partial charge in [-0.3, -0.25) is 9.48 Å². The highest BCUT2D eigenvalue weighted by Gasteiger charge is 2.14. The predicted octanol–water partition coefficient (Wildman–Crippen LogP) is 0.538. The minimum absolute atomic E-state index is 0.194. The molecule has 0 amide bonds. The number of rotatable bonds is 3. The van der Waals surface area contributed by atoms with E-state index in [-0.39, 0.29) is 5.56 Å².